The third-order valence-electron chi connectivity index (χ3n) is 1.36. The topological polar surface area (TPSA) is 20.2 Å². The molecule has 0 heterocycles. The van der Waals surface area contributed by atoms with Gasteiger partial charge < -0.3 is 5.11 Å². The van der Waals surface area contributed by atoms with Crippen molar-refractivity contribution in [2.75, 3.05) is 0 Å². The lowest BCUT2D eigenvalue weighted by molar-refractivity contribution is -0.245. The molecule has 9 heavy (non-hydrogen) atoms. The first kappa shape index (κ1) is 7.15. The van der Waals surface area contributed by atoms with Gasteiger partial charge in [-0.2, -0.15) is 8.78 Å². The first-order valence-corrected chi connectivity index (χ1v) is 2.69. The Kier molecular flexibility index (Phi) is 1.23. The number of aliphatic hydroxyl groups is 1. The molecule has 0 bridgehead atoms. The van der Waals surface area contributed by atoms with E-state index in [2.05, 4.69) is 11.6 Å². The fourth-order valence-corrected chi connectivity index (χ4v) is 0.892. The van der Waals surface area contributed by atoms with E-state index in [-0.39, 0.29) is 0 Å². The van der Waals surface area contributed by atoms with E-state index in [9.17, 15) is 13.2 Å². The molecular formula is C4H4ClF3O. The van der Waals surface area contributed by atoms with Crippen LogP contribution in [0.25, 0.3) is 0 Å². The summed E-state index contributed by atoms with van der Waals surface area (Å²) in [4.78, 5) is 0. The minimum absolute atomic E-state index is 0.693. The van der Waals surface area contributed by atoms with Crippen LogP contribution in [-0.2, 0) is 0 Å². The number of alkyl halides is 4. The second-order valence-electron chi connectivity index (χ2n) is 2.05. The van der Waals surface area contributed by atoms with E-state index in [0.717, 1.165) is 0 Å². The maximum atomic E-state index is 12.1. The molecule has 0 unspecified atom stereocenters. The summed E-state index contributed by atoms with van der Waals surface area (Å²) in [6.07, 6.45) is -2.61. The average molecular weight is 161 g/mol. The second kappa shape index (κ2) is 1.55. The van der Waals surface area contributed by atoms with Gasteiger partial charge in [0.15, 0.2) is 0 Å². The van der Waals surface area contributed by atoms with Crippen molar-refractivity contribution < 1.29 is 18.3 Å². The Morgan fingerprint density at radius 3 is 1.89 bits per heavy atom. The van der Waals surface area contributed by atoms with Gasteiger partial charge in [-0.3, -0.25) is 0 Å². The largest absolute Gasteiger partial charge is 0.386 e. The maximum absolute atomic E-state index is 12.1. The van der Waals surface area contributed by atoms with Gasteiger partial charge in [-0.15, -0.1) is 0 Å². The zero-order chi connectivity index (χ0) is 7.28. The Morgan fingerprint density at radius 1 is 1.44 bits per heavy atom. The summed E-state index contributed by atoms with van der Waals surface area (Å²) in [5, 5.41) is 5.22. The molecule has 0 aromatic rings. The average Bonchev–Trinajstić information content (AvgIpc) is 1.65. The van der Waals surface area contributed by atoms with Crippen LogP contribution >= 0.6 is 11.6 Å². The van der Waals surface area contributed by atoms with Crippen molar-refractivity contribution in [3.05, 3.63) is 0 Å². The van der Waals surface area contributed by atoms with Gasteiger partial charge in [0.2, 0.25) is 0 Å². The molecule has 54 valence electrons. The highest BCUT2D eigenvalue weighted by Gasteiger charge is 2.69. The van der Waals surface area contributed by atoms with Crippen molar-refractivity contribution in [2.45, 2.75) is 23.6 Å². The summed E-state index contributed by atoms with van der Waals surface area (Å²) in [5.41, 5.74) is 0. The molecule has 0 aliphatic heterocycles. The van der Waals surface area contributed by atoms with Crippen LogP contribution in [0, 0.1) is 0 Å². The number of hydrogen-bond acceptors (Lipinski definition) is 1. The van der Waals surface area contributed by atoms with Crippen LogP contribution in [0.5, 0.6) is 0 Å². The van der Waals surface area contributed by atoms with Crippen LogP contribution in [0.15, 0.2) is 0 Å². The fraction of sp³-hybridized carbons (Fsp3) is 1.00. The molecule has 0 aromatic heterocycles. The van der Waals surface area contributed by atoms with Crippen molar-refractivity contribution in [3.63, 3.8) is 0 Å². The van der Waals surface area contributed by atoms with Crippen LogP contribution in [0.1, 0.15) is 6.42 Å². The standard InChI is InChI=1S/C4H4ClF3O/c5-3(6)1-2(9)4(3,7)8/h2,9H,1H2/t2-,3+/m0/s1. The lowest BCUT2D eigenvalue weighted by Gasteiger charge is -2.41. The summed E-state index contributed by atoms with van der Waals surface area (Å²) < 4.78 is 36.0. The third kappa shape index (κ3) is 0.730. The van der Waals surface area contributed by atoms with Gasteiger partial charge in [0.25, 0.3) is 5.13 Å². The zero-order valence-electron chi connectivity index (χ0n) is 4.24. The van der Waals surface area contributed by atoms with Crippen LogP contribution in [0.4, 0.5) is 13.2 Å². The zero-order valence-corrected chi connectivity index (χ0v) is 5.00. The van der Waals surface area contributed by atoms with Gasteiger partial charge >= 0.3 is 5.92 Å². The molecule has 0 saturated heterocycles. The van der Waals surface area contributed by atoms with Gasteiger partial charge in [0.1, 0.15) is 6.10 Å². The van der Waals surface area contributed by atoms with E-state index < -0.39 is 23.6 Å². The van der Waals surface area contributed by atoms with Crippen molar-refractivity contribution in [1.82, 2.24) is 0 Å². The molecular weight excluding hydrogens is 156 g/mol. The number of rotatable bonds is 0. The molecule has 0 amide bonds. The van der Waals surface area contributed by atoms with E-state index in [4.69, 9.17) is 5.11 Å². The Balaban J connectivity index is 2.70. The summed E-state index contributed by atoms with van der Waals surface area (Å²) in [6.45, 7) is 0. The number of hydrogen-bond donors (Lipinski definition) is 1. The quantitative estimate of drug-likeness (QED) is 0.530. The van der Waals surface area contributed by atoms with Crippen LogP contribution < -0.4 is 0 Å². The molecule has 2 atom stereocenters. The molecule has 1 N–H and O–H groups in total. The molecule has 1 aliphatic rings. The first-order valence-electron chi connectivity index (χ1n) is 2.31. The summed E-state index contributed by atoms with van der Waals surface area (Å²) >= 11 is 4.61. The van der Waals surface area contributed by atoms with Gasteiger partial charge in [-0.25, -0.2) is 4.39 Å². The minimum Gasteiger partial charge on any atom is -0.386 e. The maximum Gasteiger partial charge on any atom is 0.320 e. The monoisotopic (exact) mass is 160 g/mol. The summed E-state index contributed by atoms with van der Waals surface area (Å²) in [6, 6.07) is 0. The first-order chi connectivity index (χ1) is 3.88. The van der Waals surface area contributed by atoms with Crippen LogP contribution in [-0.4, -0.2) is 22.3 Å². The molecule has 0 radical (unpaired) electrons. The molecule has 0 aromatic carbocycles. The van der Waals surface area contributed by atoms with Gasteiger partial charge in [-0.05, 0) is 0 Å². The van der Waals surface area contributed by atoms with E-state index >= 15 is 0 Å². The van der Waals surface area contributed by atoms with E-state index in [1.165, 1.54) is 0 Å². The molecule has 1 saturated carbocycles. The minimum atomic E-state index is -3.77. The highest BCUT2D eigenvalue weighted by atomic mass is 35.5. The van der Waals surface area contributed by atoms with Gasteiger partial charge in [0, 0.05) is 6.42 Å². The molecule has 1 nitrogen and oxygen atoms in total. The summed E-state index contributed by atoms with van der Waals surface area (Å²) in [5.74, 6) is -3.77. The third-order valence-corrected chi connectivity index (χ3v) is 1.76. The lowest BCUT2D eigenvalue weighted by Crippen LogP contribution is -2.61. The Morgan fingerprint density at radius 2 is 1.89 bits per heavy atom. The lowest BCUT2D eigenvalue weighted by atomic mass is 9.88. The fourth-order valence-electron chi connectivity index (χ4n) is 0.620. The van der Waals surface area contributed by atoms with Crippen molar-refractivity contribution in [2.24, 2.45) is 0 Å². The molecule has 5 heteroatoms. The second-order valence-corrected chi connectivity index (χ2v) is 2.65. The van der Waals surface area contributed by atoms with E-state index in [1.54, 1.807) is 0 Å². The SMILES string of the molecule is O[C@H]1C[C@](F)(Cl)C1(F)F. The van der Waals surface area contributed by atoms with Crippen molar-refractivity contribution in [1.29, 1.82) is 0 Å². The van der Waals surface area contributed by atoms with E-state index in [1.807, 2.05) is 0 Å². The Hall–Kier alpha value is 0.0400. The Labute approximate surface area is 54.4 Å². The summed E-state index contributed by atoms with van der Waals surface area (Å²) in [7, 11) is 0. The smallest absolute Gasteiger partial charge is 0.320 e. The van der Waals surface area contributed by atoms with E-state index in [0.29, 0.717) is 0 Å². The molecule has 1 aliphatic carbocycles. The predicted molar refractivity (Wildman–Crippen MR) is 25.3 cm³/mol. The highest BCUT2D eigenvalue weighted by Crippen LogP contribution is 2.52. The number of halogens is 4. The van der Waals surface area contributed by atoms with Crippen molar-refractivity contribution in [3.8, 4) is 0 Å². The van der Waals surface area contributed by atoms with Gasteiger partial charge in [-0.1, -0.05) is 11.6 Å². The Bertz CT molecular complexity index is 136. The predicted octanol–water partition coefficient (Wildman–Crippen LogP) is 1.29. The molecule has 1 fully saturated rings. The van der Waals surface area contributed by atoms with Crippen LogP contribution in [0.2, 0.25) is 0 Å². The van der Waals surface area contributed by atoms with Crippen LogP contribution in [0.3, 0.4) is 0 Å². The molecule has 1 rings (SSSR count). The normalized spacial score (nSPS) is 48.3. The molecule has 0 spiro atoms. The highest BCUT2D eigenvalue weighted by molar-refractivity contribution is 6.24. The van der Waals surface area contributed by atoms with Gasteiger partial charge in [0.05, 0.1) is 0 Å². The van der Waals surface area contributed by atoms with Crippen molar-refractivity contribution >= 4 is 11.6 Å². The number of aliphatic hydroxyl groups excluding tert-OH is 1.